The van der Waals surface area contributed by atoms with Crippen molar-refractivity contribution in [2.45, 2.75) is 77.3 Å². The van der Waals surface area contributed by atoms with E-state index in [1.54, 1.807) is 0 Å². The lowest BCUT2D eigenvalue weighted by Crippen LogP contribution is -2.47. The average Bonchev–Trinajstić information content (AvgIpc) is 2.94. The zero-order valence-electron chi connectivity index (χ0n) is 14.2. The lowest BCUT2D eigenvalue weighted by molar-refractivity contribution is 0.102. The molecule has 4 atom stereocenters. The van der Waals surface area contributed by atoms with Gasteiger partial charge in [-0.25, -0.2) is 0 Å². The summed E-state index contributed by atoms with van der Waals surface area (Å²) in [6, 6.07) is 1.14. The maximum absolute atomic E-state index is 9.55. The summed E-state index contributed by atoms with van der Waals surface area (Å²) in [5.74, 6) is 1.73. The molecule has 0 aromatic rings. The zero-order valence-corrected chi connectivity index (χ0v) is 14.2. The molecule has 2 rings (SSSR count). The van der Waals surface area contributed by atoms with Gasteiger partial charge in [-0.3, -0.25) is 4.90 Å². The van der Waals surface area contributed by atoms with Gasteiger partial charge in [0.05, 0.1) is 6.61 Å². The Bertz CT molecular complexity index is 284. The molecule has 3 nitrogen and oxygen atoms in total. The number of hydrogen-bond acceptors (Lipinski definition) is 3. The molecule has 1 aliphatic carbocycles. The van der Waals surface area contributed by atoms with Crippen molar-refractivity contribution < 1.29 is 5.11 Å². The van der Waals surface area contributed by atoms with Gasteiger partial charge in [0.25, 0.3) is 0 Å². The second kappa shape index (κ2) is 9.12. The minimum absolute atomic E-state index is 0.345. The standard InChI is InChI=1S/C18H36N2O/c1-3-6-15-8-9-18(19-10-4-2)16(12-15)13-20-11-5-7-17(20)14-21/h15-19,21H,3-14H2,1-2H3. The summed E-state index contributed by atoms with van der Waals surface area (Å²) in [4.78, 5) is 2.57. The molecule has 1 heterocycles. The van der Waals surface area contributed by atoms with Crippen LogP contribution in [0.25, 0.3) is 0 Å². The van der Waals surface area contributed by atoms with Crippen molar-refractivity contribution >= 4 is 0 Å². The molecule has 1 saturated heterocycles. The minimum atomic E-state index is 0.345. The Labute approximate surface area is 131 Å². The van der Waals surface area contributed by atoms with E-state index in [1.807, 2.05) is 0 Å². The van der Waals surface area contributed by atoms with Crippen molar-refractivity contribution in [2.24, 2.45) is 11.8 Å². The van der Waals surface area contributed by atoms with Crippen LogP contribution in [0, 0.1) is 11.8 Å². The topological polar surface area (TPSA) is 35.5 Å². The van der Waals surface area contributed by atoms with Crippen molar-refractivity contribution in [1.82, 2.24) is 10.2 Å². The van der Waals surface area contributed by atoms with Crippen LogP contribution in [0.5, 0.6) is 0 Å². The number of aliphatic hydroxyl groups excluding tert-OH is 1. The van der Waals surface area contributed by atoms with Crippen molar-refractivity contribution in [3.05, 3.63) is 0 Å². The maximum Gasteiger partial charge on any atom is 0.0586 e. The molecular formula is C18H36N2O. The first-order valence-corrected chi connectivity index (χ1v) is 9.36. The van der Waals surface area contributed by atoms with E-state index in [2.05, 4.69) is 24.1 Å². The molecule has 21 heavy (non-hydrogen) atoms. The van der Waals surface area contributed by atoms with Gasteiger partial charge in [0.1, 0.15) is 0 Å². The molecule has 2 N–H and O–H groups in total. The largest absolute Gasteiger partial charge is 0.395 e. The summed E-state index contributed by atoms with van der Waals surface area (Å²) >= 11 is 0. The smallest absolute Gasteiger partial charge is 0.0586 e. The summed E-state index contributed by atoms with van der Waals surface area (Å²) in [5, 5.41) is 13.4. The first-order valence-electron chi connectivity index (χ1n) is 9.36. The van der Waals surface area contributed by atoms with Crippen LogP contribution in [0.1, 0.15) is 65.2 Å². The molecule has 2 fully saturated rings. The second-order valence-corrected chi connectivity index (χ2v) is 7.26. The Morgan fingerprint density at radius 2 is 2.00 bits per heavy atom. The molecule has 2 aliphatic rings. The number of nitrogens with zero attached hydrogens (tertiary/aromatic N) is 1. The van der Waals surface area contributed by atoms with Gasteiger partial charge in [0.15, 0.2) is 0 Å². The van der Waals surface area contributed by atoms with Crippen molar-refractivity contribution in [3.8, 4) is 0 Å². The van der Waals surface area contributed by atoms with Crippen LogP contribution in [0.15, 0.2) is 0 Å². The number of hydrogen-bond donors (Lipinski definition) is 2. The van der Waals surface area contributed by atoms with E-state index in [4.69, 9.17) is 0 Å². The first kappa shape index (κ1) is 17.2. The van der Waals surface area contributed by atoms with Crippen LogP contribution in [0.2, 0.25) is 0 Å². The van der Waals surface area contributed by atoms with Crippen molar-refractivity contribution in [1.29, 1.82) is 0 Å². The van der Waals surface area contributed by atoms with Crippen LogP contribution >= 0.6 is 0 Å². The summed E-state index contributed by atoms with van der Waals surface area (Å²) in [5.41, 5.74) is 0. The van der Waals surface area contributed by atoms with Gasteiger partial charge in [-0.1, -0.05) is 26.7 Å². The number of rotatable bonds is 8. The van der Waals surface area contributed by atoms with Crippen LogP contribution in [0.3, 0.4) is 0 Å². The highest BCUT2D eigenvalue weighted by atomic mass is 16.3. The molecule has 1 saturated carbocycles. The lowest BCUT2D eigenvalue weighted by Gasteiger charge is -2.40. The van der Waals surface area contributed by atoms with E-state index in [1.165, 1.54) is 64.5 Å². The quantitative estimate of drug-likeness (QED) is 0.723. The molecule has 1 aliphatic heterocycles. The third-order valence-electron chi connectivity index (χ3n) is 5.62. The predicted molar refractivity (Wildman–Crippen MR) is 89.5 cm³/mol. The zero-order chi connectivity index (χ0) is 15.1. The van der Waals surface area contributed by atoms with Gasteiger partial charge >= 0.3 is 0 Å². The normalized spacial score (nSPS) is 34.4. The fraction of sp³-hybridized carbons (Fsp3) is 1.00. The van der Waals surface area contributed by atoms with E-state index in [0.717, 1.165) is 18.4 Å². The van der Waals surface area contributed by atoms with E-state index in [0.29, 0.717) is 18.7 Å². The molecule has 4 unspecified atom stereocenters. The molecule has 124 valence electrons. The third kappa shape index (κ3) is 4.94. The van der Waals surface area contributed by atoms with Gasteiger partial charge in [-0.05, 0) is 63.5 Å². The van der Waals surface area contributed by atoms with Gasteiger partial charge in [-0.15, -0.1) is 0 Å². The minimum Gasteiger partial charge on any atom is -0.395 e. The summed E-state index contributed by atoms with van der Waals surface area (Å²) < 4.78 is 0. The molecule has 0 aromatic carbocycles. The van der Waals surface area contributed by atoms with Crippen LogP contribution in [-0.4, -0.2) is 48.3 Å². The van der Waals surface area contributed by atoms with E-state index >= 15 is 0 Å². The van der Waals surface area contributed by atoms with Gasteiger partial charge < -0.3 is 10.4 Å². The Kier molecular flexibility index (Phi) is 7.48. The molecule has 0 spiro atoms. The molecule has 0 bridgehead atoms. The monoisotopic (exact) mass is 296 g/mol. The summed E-state index contributed by atoms with van der Waals surface area (Å²) in [7, 11) is 0. The summed E-state index contributed by atoms with van der Waals surface area (Å²) in [6.45, 7) is 8.47. The first-order chi connectivity index (χ1) is 10.3. The van der Waals surface area contributed by atoms with E-state index < -0.39 is 0 Å². The molecule has 3 heteroatoms. The van der Waals surface area contributed by atoms with Crippen molar-refractivity contribution in [3.63, 3.8) is 0 Å². The molecule has 0 amide bonds. The molecule has 0 aromatic heterocycles. The highest BCUT2D eigenvalue weighted by Gasteiger charge is 2.33. The van der Waals surface area contributed by atoms with Gasteiger partial charge in [0, 0.05) is 18.6 Å². The Morgan fingerprint density at radius 3 is 2.71 bits per heavy atom. The van der Waals surface area contributed by atoms with Gasteiger partial charge in [-0.2, -0.15) is 0 Å². The number of nitrogens with one attached hydrogen (secondary N) is 1. The predicted octanol–water partition coefficient (Wildman–Crippen LogP) is 3.03. The SMILES string of the molecule is CCCNC1CCC(CCC)CC1CN1CCCC1CO. The van der Waals surface area contributed by atoms with Crippen molar-refractivity contribution in [2.75, 3.05) is 26.2 Å². The van der Waals surface area contributed by atoms with Crippen LogP contribution in [-0.2, 0) is 0 Å². The van der Waals surface area contributed by atoms with E-state index in [9.17, 15) is 5.11 Å². The molecular weight excluding hydrogens is 260 g/mol. The highest BCUT2D eigenvalue weighted by molar-refractivity contribution is 4.89. The van der Waals surface area contributed by atoms with Crippen LogP contribution < -0.4 is 5.32 Å². The Morgan fingerprint density at radius 1 is 1.14 bits per heavy atom. The number of aliphatic hydroxyl groups is 1. The van der Waals surface area contributed by atoms with E-state index in [-0.39, 0.29) is 0 Å². The fourth-order valence-electron chi connectivity index (χ4n) is 4.48. The third-order valence-corrected chi connectivity index (χ3v) is 5.62. The lowest BCUT2D eigenvalue weighted by atomic mass is 9.76. The maximum atomic E-state index is 9.55. The van der Waals surface area contributed by atoms with Crippen LogP contribution in [0.4, 0.5) is 0 Å². The summed E-state index contributed by atoms with van der Waals surface area (Å²) in [6.07, 6.45) is 10.6. The number of likely N-dealkylation sites (tertiary alicyclic amines) is 1. The highest BCUT2D eigenvalue weighted by Crippen LogP contribution is 2.34. The average molecular weight is 296 g/mol. The fourth-order valence-corrected chi connectivity index (χ4v) is 4.48. The Balaban J connectivity index is 1.91. The van der Waals surface area contributed by atoms with Gasteiger partial charge in [0.2, 0.25) is 0 Å². The molecule has 0 radical (unpaired) electrons. The second-order valence-electron chi connectivity index (χ2n) is 7.26. The Hall–Kier alpha value is -0.120.